The molecule has 3 aromatic rings. The Morgan fingerprint density at radius 3 is 2.64 bits per heavy atom. The number of benzene rings is 2. The molecular weight excluding hydrogens is 372 g/mol. The van der Waals surface area contributed by atoms with Crippen LogP contribution >= 0.6 is 11.8 Å². The Bertz CT molecular complexity index is 878. The third-order valence-corrected chi connectivity index (χ3v) is 5.37. The number of aromatic nitrogens is 2. The lowest BCUT2D eigenvalue weighted by Crippen LogP contribution is -2.20. The van der Waals surface area contributed by atoms with Crippen molar-refractivity contribution in [2.24, 2.45) is 0 Å². The van der Waals surface area contributed by atoms with Crippen LogP contribution in [0.5, 0.6) is 5.75 Å². The highest BCUT2D eigenvalue weighted by Gasteiger charge is 2.11. The molecule has 0 aliphatic carbocycles. The molecule has 0 aliphatic heterocycles. The number of hydrogen-bond acceptors (Lipinski definition) is 5. The van der Waals surface area contributed by atoms with Crippen LogP contribution in [0, 0.1) is 0 Å². The SMILES string of the molecule is CCC(=O)c1ccc(OCC(O)CSc2nccn2Cc2ccccc2)cc1. The van der Waals surface area contributed by atoms with Crippen LogP contribution in [0.2, 0.25) is 0 Å². The Morgan fingerprint density at radius 2 is 1.93 bits per heavy atom. The molecule has 0 fully saturated rings. The molecule has 0 aliphatic rings. The number of ketones is 1. The lowest BCUT2D eigenvalue weighted by atomic mass is 10.1. The van der Waals surface area contributed by atoms with E-state index in [1.807, 2.05) is 31.3 Å². The molecule has 1 heterocycles. The van der Waals surface area contributed by atoms with Crippen LogP contribution in [0.25, 0.3) is 0 Å². The van der Waals surface area contributed by atoms with Crippen molar-refractivity contribution in [1.82, 2.24) is 9.55 Å². The van der Waals surface area contributed by atoms with E-state index < -0.39 is 6.10 Å². The van der Waals surface area contributed by atoms with E-state index in [2.05, 4.69) is 21.7 Å². The molecule has 0 amide bonds. The van der Waals surface area contributed by atoms with E-state index in [0.29, 0.717) is 23.5 Å². The van der Waals surface area contributed by atoms with Crippen molar-refractivity contribution >= 4 is 17.5 Å². The molecule has 146 valence electrons. The fraction of sp³-hybridized carbons (Fsp3) is 0.273. The number of imidazole rings is 1. The van der Waals surface area contributed by atoms with E-state index in [1.165, 1.54) is 17.3 Å². The zero-order chi connectivity index (χ0) is 19.8. The number of aliphatic hydroxyl groups excluding tert-OH is 1. The third-order valence-electron chi connectivity index (χ3n) is 4.22. The number of thioether (sulfide) groups is 1. The summed E-state index contributed by atoms with van der Waals surface area (Å²) in [4.78, 5) is 16.0. The largest absolute Gasteiger partial charge is 0.491 e. The number of carbonyl (C=O) groups is 1. The normalized spacial score (nSPS) is 11.9. The highest BCUT2D eigenvalue weighted by atomic mass is 32.2. The minimum atomic E-state index is -0.621. The molecule has 1 unspecified atom stereocenters. The summed E-state index contributed by atoms with van der Waals surface area (Å²) in [6.07, 6.45) is 3.57. The summed E-state index contributed by atoms with van der Waals surface area (Å²) in [5.74, 6) is 1.23. The van der Waals surface area contributed by atoms with Crippen molar-refractivity contribution in [2.45, 2.75) is 31.1 Å². The lowest BCUT2D eigenvalue weighted by Gasteiger charge is -2.13. The van der Waals surface area contributed by atoms with Gasteiger partial charge in [-0.3, -0.25) is 4.79 Å². The molecule has 6 heteroatoms. The number of aliphatic hydroxyl groups is 1. The summed E-state index contributed by atoms with van der Waals surface area (Å²) in [7, 11) is 0. The molecule has 5 nitrogen and oxygen atoms in total. The average Bonchev–Trinajstić information content (AvgIpc) is 3.18. The summed E-state index contributed by atoms with van der Waals surface area (Å²) < 4.78 is 7.70. The molecule has 0 bridgehead atoms. The standard InChI is InChI=1S/C22H24N2O3S/c1-2-21(26)18-8-10-20(11-9-18)27-15-19(25)16-28-22-23-12-13-24(22)14-17-6-4-3-5-7-17/h3-13,19,25H,2,14-16H2,1H3. The first-order valence-corrected chi connectivity index (χ1v) is 10.3. The van der Waals surface area contributed by atoms with Gasteiger partial charge < -0.3 is 14.4 Å². The molecule has 1 N–H and O–H groups in total. The maximum atomic E-state index is 11.6. The van der Waals surface area contributed by atoms with Crippen LogP contribution in [-0.4, -0.2) is 38.9 Å². The van der Waals surface area contributed by atoms with Gasteiger partial charge in [0.2, 0.25) is 0 Å². The third kappa shape index (κ3) is 5.71. The van der Waals surface area contributed by atoms with Crippen LogP contribution in [0.3, 0.4) is 0 Å². The number of nitrogens with zero attached hydrogens (tertiary/aromatic N) is 2. The lowest BCUT2D eigenvalue weighted by molar-refractivity contribution is 0.0987. The molecule has 0 spiro atoms. The summed E-state index contributed by atoms with van der Waals surface area (Å²) in [6, 6.07) is 17.2. The van der Waals surface area contributed by atoms with E-state index in [1.54, 1.807) is 30.5 Å². The fourth-order valence-corrected chi connectivity index (χ4v) is 3.55. The van der Waals surface area contributed by atoms with Crippen LogP contribution in [0.4, 0.5) is 0 Å². The average molecular weight is 397 g/mol. The topological polar surface area (TPSA) is 64.3 Å². The predicted molar refractivity (Wildman–Crippen MR) is 111 cm³/mol. The monoisotopic (exact) mass is 396 g/mol. The number of carbonyl (C=O) groups excluding carboxylic acids is 1. The van der Waals surface area contributed by atoms with E-state index in [4.69, 9.17) is 4.74 Å². The number of rotatable bonds is 10. The van der Waals surface area contributed by atoms with Gasteiger partial charge in [0, 0.05) is 36.7 Å². The fourth-order valence-electron chi connectivity index (χ4n) is 2.69. The molecule has 2 aromatic carbocycles. The predicted octanol–water partition coefficient (Wildman–Crippen LogP) is 4.06. The van der Waals surface area contributed by atoms with Gasteiger partial charge in [0.15, 0.2) is 10.9 Å². The Kier molecular flexibility index (Phi) is 7.28. The molecule has 0 saturated heterocycles. The van der Waals surface area contributed by atoms with Crippen molar-refractivity contribution in [3.63, 3.8) is 0 Å². The van der Waals surface area contributed by atoms with Crippen LogP contribution in [0.15, 0.2) is 72.1 Å². The van der Waals surface area contributed by atoms with Crippen LogP contribution in [-0.2, 0) is 6.54 Å². The van der Waals surface area contributed by atoms with Gasteiger partial charge in [-0.2, -0.15) is 0 Å². The van der Waals surface area contributed by atoms with Crippen molar-refractivity contribution in [3.8, 4) is 5.75 Å². The Morgan fingerprint density at radius 1 is 1.18 bits per heavy atom. The van der Waals surface area contributed by atoms with Gasteiger partial charge in [-0.25, -0.2) is 4.98 Å². The molecule has 1 aromatic heterocycles. The van der Waals surface area contributed by atoms with Gasteiger partial charge in [0.1, 0.15) is 12.4 Å². The minimum Gasteiger partial charge on any atom is -0.491 e. The first-order chi connectivity index (χ1) is 13.7. The van der Waals surface area contributed by atoms with E-state index >= 15 is 0 Å². The smallest absolute Gasteiger partial charge is 0.168 e. The first kappa shape index (κ1) is 20.2. The molecular formula is C22H24N2O3S. The maximum absolute atomic E-state index is 11.6. The highest BCUT2D eigenvalue weighted by Crippen LogP contribution is 2.19. The van der Waals surface area contributed by atoms with Gasteiger partial charge in [0.05, 0.1) is 6.10 Å². The van der Waals surface area contributed by atoms with Gasteiger partial charge >= 0.3 is 0 Å². The summed E-state index contributed by atoms with van der Waals surface area (Å²) in [5, 5.41) is 11.1. The zero-order valence-electron chi connectivity index (χ0n) is 15.8. The number of hydrogen-bond donors (Lipinski definition) is 1. The van der Waals surface area contributed by atoms with Crippen molar-refractivity contribution < 1.29 is 14.6 Å². The first-order valence-electron chi connectivity index (χ1n) is 9.27. The molecule has 0 saturated carbocycles. The molecule has 0 radical (unpaired) electrons. The molecule has 28 heavy (non-hydrogen) atoms. The van der Waals surface area contributed by atoms with Crippen LogP contribution < -0.4 is 4.74 Å². The van der Waals surface area contributed by atoms with Gasteiger partial charge in [0.25, 0.3) is 0 Å². The van der Waals surface area contributed by atoms with Crippen molar-refractivity contribution in [1.29, 1.82) is 0 Å². The maximum Gasteiger partial charge on any atom is 0.168 e. The Labute approximate surface area is 169 Å². The molecule has 3 rings (SSSR count). The zero-order valence-corrected chi connectivity index (χ0v) is 16.6. The second-order valence-corrected chi connectivity index (χ2v) is 7.39. The summed E-state index contributed by atoms with van der Waals surface area (Å²) >= 11 is 1.50. The van der Waals surface area contributed by atoms with E-state index in [0.717, 1.165) is 11.7 Å². The summed E-state index contributed by atoms with van der Waals surface area (Å²) in [6.45, 7) is 2.78. The van der Waals surface area contributed by atoms with Crippen molar-refractivity contribution in [3.05, 3.63) is 78.1 Å². The van der Waals surface area contributed by atoms with Gasteiger partial charge in [-0.1, -0.05) is 49.0 Å². The van der Waals surface area contributed by atoms with Crippen molar-refractivity contribution in [2.75, 3.05) is 12.4 Å². The number of Topliss-reactive ketones (excluding diaryl/α,β-unsaturated/α-hetero) is 1. The van der Waals surface area contributed by atoms with Crippen LogP contribution in [0.1, 0.15) is 29.3 Å². The minimum absolute atomic E-state index is 0.106. The number of ether oxygens (including phenoxy) is 1. The Balaban J connectivity index is 1.46. The second-order valence-electron chi connectivity index (χ2n) is 6.40. The highest BCUT2D eigenvalue weighted by molar-refractivity contribution is 7.99. The Hall–Kier alpha value is -2.57. The molecule has 1 atom stereocenters. The van der Waals surface area contributed by atoms with Gasteiger partial charge in [-0.15, -0.1) is 0 Å². The van der Waals surface area contributed by atoms with E-state index in [9.17, 15) is 9.90 Å². The van der Waals surface area contributed by atoms with Gasteiger partial charge in [-0.05, 0) is 29.8 Å². The summed E-state index contributed by atoms with van der Waals surface area (Å²) in [5.41, 5.74) is 1.88. The quantitative estimate of drug-likeness (QED) is 0.414. The van der Waals surface area contributed by atoms with E-state index in [-0.39, 0.29) is 12.4 Å². The second kappa shape index (κ2) is 10.1.